The molecule has 2 rings (SSSR count). The van der Waals surface area contributed by atoms with Crippen LogP contribution in [0.5, 0.6) is 0 Å². The lowest BCUT2D eigenvalue weighted by atomic mass is 9.80. The van der Waals surface area contributed by atoms with Gasteiger partial charge in [-0.3, -0.25) is 0 Å². The van der Waals surface area contributed by atoms with Gasteiger partial charge in [0.25, 0.3) is 0 Å². The first kappa shape index (κ1) is 16.0. The van der Waals surface area contributed by atoms with E-state index in [1.165, 1.54) is 4.88 Å². The van der Waals surface area contributed by atoms with Crippen LogP contribution < -0.4 is 5.32 Å². The van der Waals surface area contributed by atoms with E-state index in [9.17, 15) is 5.11 Å². The number of hydrogen-bond acceptors (Lipinski definition) is 4. The van der Waals surface area contributed by atoms with Crippen molar-refractivity contribution < 1.29 is 9.84 Å². The average molecular weight is 297 g/mol. The minimum atomic E-state index is 0.00470. The van der Waals surface area contributed by atoms with Crippen LogP contribution in [-0.4, -0.2) is 31.5 Å². The fourth-order valence-electron chi connectivity index (χ4n) is 2.80. The number of nitrogens with one attached hydrogen (secondary N) is 1. The number of thiophene rings is 1. The molecule has 0 saturated carbocycles. The summed E-state index contributed by atoms with van der Waals surface area (Å²) < 4.78 is 5.43. The summed E-state index contributed by atoms with van der Waals surface area (Å²) in [5, 5.41) is 15.6. The van der Waals surface area contributed by atoms with Gasteiger partial charge in [-0.2, -0.15) is 0 Å². The fraction of sp³-hybridized carbons (Fsp3) is 0.750. The molecule has 1 atom stereocenters. The summed E-state index contributed by atoms with van der Waals surface area (Å²) in [4.78, 5) is 1.40. The van der Waals surface area contributed by atoms with Crippen LogP contribution >= 0.6 is 11.3 Å². The van der Waals surface area contributed by atoms with E-state index in [1.54, 1.807) is 0 Å². The third-order valence-electron chi connectivity index (χ3n) is 4.21. The Hall–Kier alpha value is -0.420. The van der Waals surface area contributed by atoms with E-state index in [0.717, 1.165) is 39.0 Å². The van der Waals surface area contributed by atoms with E-state index in [-0.39, 0.29) is 12.0 Å². The molecule has 1 aliphatic heterocycles. The first-order valence-corrected chi connectivity index (χ1v) is 8.48. The number of ether oxygens (including phenoxy) is 1. The van der Waals surface area contributed by atoms with E-state index in [1.807, 2.05) is 11.3 Å². The Balaban J connectivity index is 1.97. The van der Waals surface area contributed by atoms with Crippen molar-refractivity contribution in [3.8, 4) is 0 Å². The van der Waals surface area contributed by atoms with Crippen molar-refractivity contribution >= 4 is 11.3 Å². The monoisotopic (exact) mass is 297 g/mol. The number of hydrogen-bond donors (Lipinski definition) is 2. The number of aliphatic hydroxyl groups excluding tert-OH is 1. The first-order chi connectivity index (χ1) is 9.65. The van der Waals surface area contributed by atoms with Crippen molar-refractivity contribution in [1.82, 2.24) is 5.32 Å². The summed E-state index contributed by atoms with van der Waals surface area (Å²) in [7, 11) is 0. The van der Waals surface area contributed by atoms with Crippen LogP contribution in [0.25, 0.3) is 0 Å². The molecule has 0 aliphatic carbocycles. The van der Waals surface area contributed by atoms with Crippen molar-refractivity contribution in [2.24, 2.45) is 11.3 Å². The summed E-state index contributed by atoms with van der Waals surface area (Å²) in [6.45, 7) is 7.20. The molecule has 2 N–H and O–H groups in total. The van der Waals surface area contributed by atoms with Crippen LogP contribution in [0.2, 0.25) is 0 Å². The molecule has 4 heteroatoms. The number of aliphatic hydroxyl groups is 1. The van der Waals surface area contributed by atoms with E-state index in [4.69, 9.17) is 4.74 Å². The summed E-state index contributed by atoms with van der Waals surface area (Å²) in [5.41, 5.74) is 0.00470. The normalized spacial score (nSPS) is 20.2. The molecule has 1 saturated heterocycles. The number of rotatable bonds is 7. The topological polar surface area (TPSA) is 41.5 Å². The van der Waals surface area contributed by atoms with Gasteiger partial charge in [0.1, 0.15) is 0 Å². The summed E-state index contributed by atoms with van der Waals surface area (Å²) in [5.74, 6) is 0.661. The Kier molecular flexibility index (Phi) is 6.02. The molecule has 1 fully saturated rings. The van der Waals surface area contributed by atoms with Crippen LogP contribution in [0.3, 0.4) is 0 Å². The highest BCUT2D eigenvalue weighted by Crippen LogP contribution is 2.32. The molecule has 0 amide bonds. The Morgan fingerprint density at radius 1 is 1.40 bits per heavy atom. The summed E-state index contributed by atoms with van der Waals surface area (Å²) in [6.07, 6.45) is 3.04. The van der Waals surface area contributed by atoms with Gasteiger partial charge in [0.05, 0.1) is 6.61 Å². The minimum Gasteiger partial charge on any atom is -0.396 e. The lowest BCUT2D eigenvalue weighted by molar-refractivity contribution is -0.0168. The van der Waals surface area contributed by atoms with Gasteiger partial charge >= 0.3 is 0 Å². The second kappa shape index (κ2) is 7.55. The zero-order valence-corrected chi connectivity index (χ0v) is 13.4. The molecule has 114 valence electrons. The lowest BCUT2D eigenvalue weighted by Gasteiger charge is -2.37. The third kappa shape index (κ3) is 4.29. The standard InChI is InChI=1S/C16H27NO2S/c1-13(2)10-14(15-4-3-9-20-15)17-11-16(12-18)5-7-19-8-6-16/h3-4,9,13-14,17-18H,5-8,10-12H2,1-2H3. The van der Waals surface area contributed by atoms with Gasteiger partial charge in [-0.15, -0.1) is 11.3 Å². The second-order valence-electron chi connectivity index (χ2n) is 6.35. The van der Waals surface area contributed by atoms with Gasteiger partial charge < -0.3 is 15.2 Å². The van der Waals surface area contributed by atoms with E-state index in [0.29, 0.717) is 12.0 Å². The van der Waals surface area contributed by atoms with Crippen LogP contribution in [0.15, 0.2) is 17.5 Å². The van der Waals surface area contributed by atoms with E-state index in [2.05, 4.69) is 36.7 Å². The predicted octanol–water partition coefficient (Wildman–Crippen LogP) is 3.21. The van der Waals surface area contributed by atoms with Crippen molar-refractivity contribution in [3.05, 3.63) is 22.4 Å². The molecule has 1 aromatic rings. The van der Waals surface area contributed by atoms with Gasteiger partial charge in [0.2, 0.25) is 0 Å². The molecule has 3 nitrogen and oxygen atoms in total. The Bertz CT molecular complexity index is 372. The molecule has 0 aromatic carbocycles. The first-order valence-electron chi connectivity index (χ1n) is 7.61. The highest BCUT2D eigenvalue weighted by atomic mass is 32.1. The van der Waals surface area contributed by atoms with Crippen LogP contribution in [-0.2, 0) is 4.74 Å². The molecule has 1 aliphatic rings. The van der Waals surface area contributed by atoms with E-state index >= 15 is 0 Å². The predicted molar refractivity (Wildman–Crippen MR) is 84.1 cm³/mol. The zero-order valence-electron chi connectivity index (χ0n) is 12.6. The maximum absolute atomic E-state index is 9.77. The largest absolute Gasteiger partial charge is 0.396 e. The molecule has 0 bridgehead atoms. The smallest absolute Gasteiger partial charge is 0.0501 e. The third-order valence-corrected chi connectivity index (χ3v) is 5.19. The van der Waals surface area contributed by atoms with Crippen molar-refractivity contribution in [1.29, 1.82) is 0 Å². The molecule has 1 unspecified atom stereocenters. The lowest BCUT2D eigenvalue weighted by Crippen LogP contribution is -2.43. The van der Waals surface area contributed by atoms with Gasteiger partial charge in [0.15, 0.2) is 0 Å². The SMILES string of the molecule is CC(C)CC(NCC1(CO)CCOCC1)c1cccs1. The van der Waals surface area contributed by atoms with Crippen molar-refractivity contribution in [2.45, 2.75) is 39.2 Å². The van der Waals surface area contributed by atoms with Crippen molar-refractivity contribution in [2.75, 3.05) is 26.4 Å². The van der Waals surface area contributed by atoms with Gasteiger partial charge in [0, 0.05) is 36.1 Å². The van der Waals surface area contributed by atoms with Gasteiger partial charge in [-0.25, -0.2) is 0 Å². The molecule has 1 aromatic heterocycles. The highest BCUT2D eigenvalue weighted by Gasteiger charge is 2.32. The van der Waals surface area contributed by atoms with Gasteiger partial charge in [-0.1, -0.05) is 19.9 Å². The van der Waals surface area contributed by atoms with Crippen molar-refractivity contribution in [3.63, 3.8) is 0 Å². The maximum Gasteiger partial charge on any atom is 0.0501 e. The minimum absolute atomic E-state index is 0.00470. The summed E-state index contributed by atoms with van der Waals surface area (Å²) >= 11 is 1.82. The maximum atomic E-state index is 9.77. The molecule has 2 heterocycles. The van der Waals surface area contributed by atoms with Gasteiger partial charge in [-0.05, 0) is 36.6 Å². The molecular formula is C16H27NO2S. The van der Waals surface area contributed by atoms with Crippen LogP contribution in [0, 0.1) is 11.3 Å². The highest BCUT2D eigenvalue weighted by molar-refractivity contribution is 7.10. The van der Waals surface area contributed by atoms with Crippen LogP contribution in [0.1, 0.15) is 44.0 Å². The fourth-order valence-corrected chi connectivity index (χ4v) is 3.61. The van der Waals surface area contributed by atoms with Crippen LogP contribution in [0.4, 0.5) is 0 Å². The summed E-state index contributed by atoms with van der Waals surface area (Å²) in [6, 6.07) is 4.73. The zero-order chi connectivity index (χ0) is 14.4. The Morgan fingerprint density at radius 3 is 2.70 bits per heavy atom. The molecule has 20 heavy (non-hydrogen) atoms. The Morgan fingerprint density at radius 2 is 2.15 bits per heavy atom. The van der Waals surface area contributed by atoms with E-state index < -0.39 is 0 Å². The molecule has 0 radical (unpaired) electrons. The molecular weight excluding hydrogens is 270 g/mol. The quantitative estimate of drug-likeness (QED) is 0.812. The second-order valence-corrected chi connectivity index (χ2v) is 7.33. The average Bonchev–Trinajstić information content (AvgIpc) is 2.98. The molecule has 0 spiro atoms. The Labute approximate surface area is 126 Å².